The molecule has 1 N–H and O–H groups in total. The number of rotatable bonds is 5. The third-order valence-corrected chi connectivity index (χ3v) is 5.51. The van der Waals surface area contributed by atoms with Crippen molar-refractivity contribution in [3.8, 4) is 0 Å². The first kappa shape index (κ1) is 17.7. The van der Waals surface area contributed by atoms with Crippen LogP contribution in [0.25, 0.3) is 0 Å². The number of esters is 1. The Kier molecular flexibility index (Phi) is 5.64. The third kappa shape index (κ3) is 4.23. The second-order valence-electron chi connectivity index (χ2n) is 5.07. The maximum Gasteiger partial charge on any atom is 0.335 e. The minimum atomic E-state index is -3.91. The maximum atomic E-state index is 13.1. The molecule has 0 spiro atoms. The van der Waals surface area contributed by atoms with Gasteiger partial charge in [-0.2, -0.15) is 0 Å². The second kappa shape index (κ2) is 7.31. The summed E-state index contributed by atoms with van der Waals surface area (Å²) in [6, 6.07) is 3.36. The normalized spacial score (nSPS) is 18.2. The molecule has 8 heteroatoms. The van der Waals surface area contributed by atoms with Crippen molar-refractivity contribution in [1.82, 2.24) is 0 Å². The van der Waals surface area contributed by atoms with E-state index in [1.165, 1.54) is 6.07 Å². The molecule has 0 bridgehead atoms. The molecule has 126 valence electrons. The fourth-order valence-corrected chi connectivity index (χ4v) is 4.30. The Hall–Kier alpha value is -1.60. The van der Waals surface area contributed by atoms with E-state index in [0.717, 1.165) is 12.1 Å². The molecule has 1 aliphatic carbocycles. The summed E-state index contributed by atoms with van der Waals surface area (Å²) < 4.78 is 45.5. The van der Waals surface area contributed by atoms with Crippen LogP contribution in [0.15, 0.2) is 29.8 Å². The van der Waals surface area contributed by atoms with Crippen LogP contribution < -0.4 is 4.72 Å². The van der Waals surface area contributed by atoms with Gasteiger partial charge in [0.1, 0.15) is 11.1 Å². The average molecular weight is 374 g/mol. The Balaban J connectivity index is 2.28. The number of nitrogens with one attached hydrogen (secondary N) is 1. The predicted molar refractivity (Wildman–Crippen MR) is 86.3 cm³/mol. The predicted octanol–water partition coefficient (Wildman–Crippen LogP) is 3.26. The number of carbonyl (C=O) groups is 1. The number of halogens is 2. The highest BCUT2D eigenvalue weighted by molar-refractivity contribution is 7.93. The van der Waals surface area contributed by atoms with Crippen LogP contribution >= 0.6 is 11.6 Å². The number of anilines is 1. The van der Waals surface area contributed by atoms with Crippen molar-refractivity contribution in [3.63, 3.8) is 0 Å². The Morgan fingerprint density at radius 3 is 2.96 bits per heavy atom. The summed E-state index contributed by atoms with van der Waals surface area (Å²) in [7, 11) is -3.91. The molecule has 1 atom stereocenters. The number of carbonyl (C=O) groups excluding carboxylic acids is 1. The van der Waals surface area contributed by atoms with Gasteiger partial charge in [0.2, 0.25) is 10.0 Å². The molecule has 5 nitrogen and oxygen atoms in total. The summed E-state index contributed by atoms with van der Waals surface area (Å²) in [6.45, 7) is 1.82. The van der Waals surface area contributed by atoms with Crippen LogP contribution in [0, 0.1) is 5.82 Å². The fourth-order valence-electron chi connectivity index (χ4n) is 2.40. The van der Waals surface area contributed by atoms with Crippen molar-refractivity contribution in [3.05, 3.63) is 40.7 Å². The van der Waals surface area contributed by atoms with Gasteiger partial charge in [0.15, 0.2) is 0 Å². The second-order valence-corrected chi connectivity index (χ2v) is 7.34. The molecule has 0 unspecified atom stereocenters. The highest BCUT2D eigenvalue weighted by Gasteiger charge is 2.35. The SMILES string of the molecule is CCOC(=O)C1=CCCC[C@H]1S(=O)(=O)N[14c]1[14cH][14cH][14c](F)[14cH][14c]1Cl. The molecule has 0 saturated heterocycles. The quantitative estimate of drug-likeness (QED) is 0.804. The smallest absolute Gasteiger partial charge is 0.335 e. The summed E-state index contributed by atoms with van der Waals surface area (Å²) in [4.78, 5) is 12.0. The lowest BCUT2D eigenvalue weighted by atomic mass is 9.99. The van der Waals surface area contributed by atoms with Crippen LogP contribution in [0.5, 0.6) is 0 Å². The first-order valence-electron chi connectivity index (χ1n) is 7.19. The monoisotopic (exact) mass is 373 g/mol. The van der Waals surface area contributed by atoms with E-state index in [0.29, 0.717) is 19.3 Å². The maximum absolute atomic E-state index is 13.1. The van der Waals surface area contributed by atoms with Crippen LogP contribution in [0.1, 0.15) is 26.2 Å². The molecule has 0 fully saturated rings. The Bertz CT molecular complexity index is 733. The van der Waals surface area contributed by atoms with Gasteiger partial charge in [0.25, 0.3) is 0 Å². The van der Waals surface area contributed by atoms with Gasteiger partial charge >= 0.3 is 5.97 Å². The number of hydrogen-bond donors (Lipinski definition) is 1. The van der Waals surface area contributed by atoms with Gasteiger partial charge in [-0.1, -0.05) is 17.7 Å². The molecule has 1 aromatic carbocycles. The standard InChI is InChI=1S/C15H17ClFNO4S/c1-2-22-15(19)11-5-3-4-6-14(11)23(20,21)18-13-8-7-10(17)9-12(13)16/h5,7-9,14,18H,2-4,6H2,1H3/t14-/m1/s1/i7+2,8+2,9+2,10+2,12+2,13+2. The van der Waals surface area contributed by atoms with E-state index in [2.05, 4.69) is 4.72 Å². The molecule has 0 heterocycles. The zero-order chi connectivity index (χ0) is 17.0. The van der Waals surface area contributed by atoms with E-state index >= 15 is 0 Å². The third-order valence-electron chi connectivity index (χ3n) is 3.45. The lowest BCUT2D eigenvalue weighted by Gasteiger charge is -2.24. The summed E-state index contributed by atoms with van der Waals surface area (Å²) in [5, 5.41) is -1.07. The van der Waals surface area contributed by atoms with E-state index in [1.807, 2.05) is 0 Å². The van der Waals surface area contributed by atoms with Gasteiger partial charge in [0.05, 0.1) is 22.9 Å². The molecule has 1 aliphatic rings. The fraction of sp³-hybridized carbons (Fsp3) is 0.400. The van der Waals surface area contributed by atoms with Crippen molar-refractivity contribution in [2.24, 2.45) is 0 Å². The van der Waals surface area contributed by atoms with Gasteiger partial charge in [-0.05, 0) is 44.4 Å². The van der Waals surface area contributed by atoms with Crippen LogP contribution in [0.4, 0.5) is 10.1 Å². The summed E-state index contributed by atoms with van der Waals surface area (Å²) in [5.41, 5.74) is 0.200. The first-order chi connectivity index (χ1) is 10.8. The zero-order valence-electron chi connectivity index (χ0n) is 12.5. The molecule has 0 aromatic heterocycles. The van der Waals surface area contributed by atoms with E-state index < -0.39 is 27.1 Å². The largest absolute Gasteiger partial charge is 0.463 e. The summed E-state index contributed by atoms with van der Waals surface area (Å²) in [6.07, 6.45) is 3.17. The van der Waals surface area contributed by atoms with Gasteiger partial charge in [-0.25, -0.2) is 17.6 Å². The van der Waals surface area contributed by atoms with Crippen molar-refractivity contribution in [2.75, 3.05) is 11.3 Å². The Morgan fingerprint density at radius 2 is 2.30 bits per heavy atom. The van der Waals surface area contributed by atoms with Gasteiger partial charge in [-0.15, -0.1) is 0 Å². The molecule has 0 amide bonds. The first-order valence-corrected chi connectivity index (χ1v) is 9.11. The molecule has 23 heavy (non-hydrogen) atoms. The molecular weight excluding hydrogens is 357 g/mol. The van der Waals surface area contributed by atoms with Crippen molar-refractivity contribution < 1.29 is 22.3 Å². The van der Waals surface area contributed by atoms with Crippen LogP contribution in [-0.2, 0) is 19.6 Å². The lowest BCUT2D eigenvalue weighted by molar-refractivity contribution is -0.138. The molecule has 0 radical (unpaired) electrons. The highest BCUT2D eigenvalue weighted by Crippen LogP contribution is 2.30. The minimum Gasteiger partial charge on any atom is -0.463 e. The summed E-state index contributed by atoms with van der Waals surface area (Å²) in [5.74, 6) is -1.20. The number of sulfonamides is 1. The zero-order valence-corrected chi connectivity index (χ0v) is 14.1. The van der Waals surface area contributed by atoms with Crippen LogP contribution in [0.2, 0.25) is 5.02 Å². The van der Waals surface area contributed by atoms with Crippen molar-refractivity contribution >= 4 is 33.3 Å². The van der Waals surface area contributed by atoms with Crippen molar-refractivity contribution in [2.45, 2.75) is 31.4 Å². The van der Waals surface area contributed by atoms with E-state index in [9.17, 15) is 17.6 Å². The van der Waals surface area contributed by atoms with Gasteiger partial charge in [-0.3, -0.25) is 4.72 Å². The molecule has 0 saturated carbocycles. The number of allylic oxidation sites excluding steroid dienone is 1. The van der Waals surface area contributed by atoms with Crippen LogP contribution in [0.3, 0.4) is 0 Å². The molecule has 0 aliphatic heterocycles. The van der Waals surface area contributed by atoms with Gasteiger partial charge in [0, 0.05) is 0 Å². The molecule has 2 rings (SSSR count). The summed E-state index contributed by atoms with van der Waals surface area (Å²) >= 11 is 5.85. The van der Waals surface area contributed by atoms with E-state index in [4.69, 9.17) is 16.3 Å². The Morgan fingerprint density at radius 1 is 1.57 bits per heavy atom. The van der Waals surface area contributed by atoms with Gasteiger partial charge < -0.3 is 4.74 Å². The number of hydrogen-bond acceptors (Lipinski definition) is 4. The lowest BCUT2D eigenvalue weighted by Crippen LogP contribution is -2.34. The minimum absolute atomic E-state index is 0.0500. The van der Waals surface area contributed by atoms with Crippen molar-refractivity contribution in [1.29, 1.82) is 0 Å². The van der Waals surface area contributed by atoms with E-state index in [-0.39, 0.29) is 22.9 Å². The molecular formula is C15H17ClFNO4S. The number of ether oxygens (including phenoxy) is 1. The number of benzene rings is 1. The average Bonchev–Trinajstić information content (AvgIpc) is 2.50. The Labute approximate surface area is 139 Å². The van der Waals surface area contributed by atoms with E-state index in [1.54, 1.807) is 13.0 Å². The highest BCUT2D eigenvalue weighted by atomic mass is 35.5. The molecule has 1 aromatic rings. The van der Waals surface area contributed by atoms with Crippen LogP contribution in [-0.4, -0.2) is 26.2 Å². The topological polar surface area (TPSA) is 72.5 Å².